The molecule has 0 aliphatic heterocycles. The first-order valence-electron chi connectivity index (χ1n) is 10.2. The number of fused-ring (bicyclic) bond motifs is 1. The number of hydrogen-bond donors (Lipinski definition) is 0. The van der Waals surface area contributed by atoms with Crippen LogP contribution in [0.3, 0.4) is 0 Å². The fourth-order valence-corrected chi connectivity index (χ4v) is 3.55. The lowest BCUT2D eigenvalue weighted by Gasteiger charge is -2.10. The van der Waals surface area contributed by atoms with Crippen LogP contribution in [0.2, 0.25) is 0 Å². The molecule has 0 aliphatic carbocycles. The summed E-state index contributed by atoms with van der Waals surface area (Å²) in [4.78, 5) is 8.69. The molecule has 0 amide bonds. The molecule has 0 bridgehead atoms. The summed E-state index contributed by atoms with van der Waals surface area (Å²) in [5.74, 6) is -0.0529. The Morgan fingerprint density at radius 1 is 0.848 bits per heavy atom. The standard InChI is InChI=1S/C25H20F4N2O2/c1-32-15-17-13-30-24(31-14-17)20-8-11-22-19(12-20)7-6-18(23(22)26)5-2-16-3-9-21(10-4-16)33-25(27,28)29/h3-4,6-14H,2,5,15H2,1H3. The van der Waals surface area contributed by atoms with Crippen LogP contribution in [0.5, 0.6) is 5.75 Å². The van der Waals surface area contributed by atoms with Crippen molar-refractivity contribution in [2.45, 2.75) is 25.8 Å². The average Bonchev–Trinajstić information content (AvgIpc) is 2.79. The highest BCUT2D eigenvalue weighted by atomic mass is 19.4. The third-order valence-corrected chi connectivity index (χ3v) is 5.15. The second-order valence-corrected chi connectivity index (χ2v) is 7.51. The summed E-state index contributed by atoms with van der Waals surface area (Å²) in [6.45, 7) is 0.428. The first kappa shape index (κ1) is 22.7. The fraction of sp³-hybridized carbons (Fsp3) is 0.200. The van der Waals surface area contributed by atoms with Gasteiger partial charge in [-0.15, -0.1) is 13.2 Å². The van der Waals surface area contributed by atoms with E-state index in [-0.39, 0.29) is 11.6 Å². The van der Waals surface area contributed by atoms with Crippen LogP contribution < -0.4 is 4.74 Å². The van der Waals surface area contributed by atoms with Crippen molar-refractivity contribution in [3.8, 4) is 17.1 Å². The molecule has 170 valence electrons. The van der Waals surface area contributed by atoms with E-state index in [4.69, 9.17) is 4.74 Å². The highest BCUT2D eigenvalue weighted by Crippen LogP contribution is 2.27. The van der Waals surface area contributed by atoms with Gasteiger partial charge in [-0.2, -0.15) is 0 Å². The molecule has 0 saturated heterocycles. The number of hydrogen-bond acceptors (Lipinski definition) is 4. The lowest BCUT2D eigenvalue weighted by molar-refractivity contribution is -0.274. The SMILES string of the molecule is COCc1cnc(-c2ccc3c(F)c(CCc4ccc(OC(F)(F)F)cc4)ccc3c2)nc1. The summed E-state index contributed by atoms with van der Waals surface area (Å²) in [5, 5.41) is 1.22. The molecule has 0 atom stereocenters. The second kappa shape index (κ2) is 9.54. The monoisotopic (exact) mass is 456 g/mol. The van der Waals surface area contributed by atoms with Gasteiger partial charge in [-0.05, 0) is 47.6 Å². The Bertz CT molecular complexity index is 1240. The van der Waals surface area contributed by atoms with Crippen LogP contribution in [-0.2, 0) is 24.2 Å². The second-order valence-electron chi connectivity index (χ2n) is 7.51. The van der Waals surface area contributed by atoms with E-state index in [9.17, 15) is 13.2 Å². The predicted molar refractivity (Wildman–Crippen MR) is 116 cm³/mol. The van der Waals surface area contributed by atoms with E-state index in [1.807, 2.05) is 12.1 Å². The van der Waals surface area contributed by atoms with E-state index >= 15 is 4.39 Å². The van der Waals surface area contributed by atoms with Crippen molar-refractivity contribution in [2.75, 3.05) is 7.11 Å². The smallest absolute Gasteiger partial charge is 0.406 e. The molecule has 1 aromatic heterocycles. The Morgan fingerprint density at radius 2 is 1.58 bits per heavy atom. The number of methoxy groups -OCH3 is 1. The first-order valence-corrected chi connectivity index (χ1v) is 10.2. The molecular formula is C25H20F4N2O2. The third kappa shape index (κ3) is 5.64. The molecule has 0 unspecified atom stereocenters. The van der Waals surface area contributed by atoms with Gasteiger partial charge < -0.3 is 9.47 Å². The minimum Gasteiger partial charge on any atom is -0.406 e. The Hall–Kier alpha value is -3.52. The summed E-state index contributed by atoms with van der Waals surface area (Å²) in [7, 11) is 1.60. The predicted octanol–water partition coefficient (Wildman–Crippen LogP) is 6.27. The van der Waals surface area contributed by atoms with E-state index in [2.05, 4.69) is 14.7 Å². The van der Waals surface area contributed by atoms with E-state index in [0.29, 0.717) is 36.2 Å². The molecule has 0 fully saturated rings. The zero-order valence-corrected chi connectivity index (χ0v) is 17.7. The Kier molecular flexibility index (Phi) is 6.55. The minimum atomic E-state index is -4.73. The van der Waals surface area contributed by atoms with Crippen LogP contribution in [0.1, 0.15) is 16.7 Å². The van der Waals surface area contributed by atoms with Crippen LogP contribution >= 0.6 is 0 Å². The highest BCUT2D eigenvalue weighted by molar-refractivity contribution is 5.87. The van der Waals surface area contributed by atoms with Gasteiger partial charge >= 0.3 is 6.36 Å². The maximum absolute atomic E-state index is 15.1. The van der Waals surface area contributed by atoms with Gasteiger partial charge in [0.15, 0.2) is 5.82 Å². The Morgan fingerprint density at radius 3 is 2.24 bits per heavy atom. The first-order chi connectivity index (χ1) is 15.8. The summed E-state index contributed by atoms with van der Waals surface area (Å²) >= 11 is 0. The molecule has 0 N–H and O–H groups in total. The maximum atomic E-state index is 15.1. The molecule has 0 saturated carbocycles. The molecule has 33 heavy (non-hydrogen) atoms. The van der Waals surface area contributed by atoms with E-state index in [1.54, 1.807) is 49.8 Å². The van der Waals surface area contributed by atoms with Crippen LogP contribution in [0.25, 0.3) is 22.2 Å². The zero-order valence-electron chi connectivity index (χ0n) is 17.7. The molecule has 4 aromatic rings. The van der Waals surface area contributed by atoms with Crippen molar-refractivity contribution in [1.29, 1.82) is 0 Å². The number of benzene rings is 3. The van der Waals surface area contributed by atoms with Crippen LogP contribution in [0, 0.1) is 5.82 Å². The van der Waals surface area contributed by atoms with Crippen molar-refractivity contribution in [2.24, 2.45) is 0 Å². The number of halogens is 4. The van der Waals surface area contributed by atoms with E-state index < -0.39 is 6.36 Å². The molecule has 1 heterocycles. The van der Waals surface area contributed by atoms with Gasteiger partial charge in [-0.25, -0.2) is 14.4 Å². The van der Waals surface area contributed by atoms with Crippen LogP contribution in [0.4, 0.5) is 17.6 Å². The van der Waals surface area contributed by atoms with Gasteiger partial charge in [0.2, 0.25) is 0 Å². The molecule has 8 heteroatoms. The van der Waals surface area contributed by atoms with Crippen molar-refractivity contribution in [1.82, 2.24) is 9.97 Å². The molecule has 4 rings (SSSR count). The molecule has 3 aromatic carbocycles. The average molecular weight is 456 g/mol. The van der Waals surface area contributed by atoms with Crippen molar-refractivity contribution in [3.05, 3.63) is 89.5 Å². The topological polar surface area (TPSA) is 44.2 Å². The van der Waals surface area contributed by atoms with Crippen LogP contribution in [0.15, 0.2) is 67.0 Å². The molecule has 4 nitrogen and oxygen atoms in total. The highest BCUT2D eigenvalue weighted by Gasteiger charge is 2.30. The number of rotatable bonds is 7. The van der Waals surface area contributed by atoms with Gasteiger partial charge in [0.25, 0.3) is 0 Å². The minimum absolute atomic E-state index is 0.281. The summed E-state index contributed by atoms with van der Waals surface area (Å²) in [6.07, 6.45) is -0.445. The summed E-state index contributed by atoms with van der Waals surface area (Å²) in [6, 6.07) is 14.5. The molecule has 0 aliphatic rings. The van der Waals surface area contributed by atoms with Crippen molar-refractivity contribution < 1.29 is 27.0 Å². The summed E-state index contributed by atoms with van der Waals surface area (Å²) in [5.41, 5.74) is 2.96. The van der Waals surface area contributed by atoms with Gasteiger partial charge in [0.1, 0.15) is 11.6 Å². The molecular weight excluding hydrogens is 436 g/mol. The fourth-order valence-electron chi connectivity index (χ4n) is 3.55. The Balaban J connectivity index is 1.48. The quantitative estimate of drug-likeness (QED) is 0.308. The van der Waals surface area contributed by atoms with Crippen molar-refractivity contribution >= 4 is 10.8 Å². The van der Waals surface area contributed by atoms with Gasteiger partial charge in [0.05, 0.1) is 6.61 Å². The lowest BCUT2D eigenvalue weighted by atomic mass is 9.99. The molecule has 0 radical (unpaired) electrons. The van der Waals surface area contributed by atoms with Gasteiger partial charge in [0, 0.05) is 36.0 Å². The number of ether oxygens (including phenoxy) is 2. The third-order valence-electron chi connectivity index (χ3n) is 5.15. The number of alkyl halides is 3. The number of nitrogens with zero attached hydrogens (tertiary/aromatic N) is 2. The normalized spacial score (nSPS) is 11.7. The van der Waals surface area contributed by atoms with Gasteiger partial charge in [-0.3, -0.25) is 0 Å². The number of aromatic nitrogens is 2. The maximum Gasteiger partial charge on any atom is 0.573 e. The van der Waals surface area contributed by atoms with Gasteiger partial charge in [-0.1, -0.05) is 36.4 Å². The molecule has 0 spiro atoms. The van der Waals surface area contributed by atoms with E-state index in [1.165, 1.54) is 12.1 Å². The lowest BCUT2D eigenvalue weighted by Crippen LogP contribution is -2.17. The number of aryl methyl sites for hydroxylation is 2. The zero-order chi connectivity index (χ0) is 23.4. The van der Waals surface area contributed by atoms with E-state index in [0.717, 1.165) is 22.1 Å². The summed E-state index contributed by atoms with van der Waals surface area (Å²) < 4.78 is 60.9. The Labute approximate surface area is 187 Å². The largest absolute Gasteiger partial charge is 0.573 e. The van der Waals surface area contributed by atoms with Crippen molar-refractivity contribution in [3.63, 3.8) is 0 Å². The van der Waals surface area contributed by atoms with Crippen LogP contribution in [-0.4, -0.2) is 23.4 Å².